The Hall–Kier alpha value is -1.54. The number of aromatic nitrogens is 4. The number of benzene rings is 1. The fraction of sp³-hybridized carbons (Fsp3) is 0.353. The van der Waals surface area contributed by atoms with E-state index < -0.39 is 0 Å². The fourth-order valence-corrected chi connectivity index (χ4v) is 4.35. The Morgan fingerprint density at radius 2 is 1.96 bits per heavy atom. The van der Waals surface area contributed by atoms with E-state index in [0.29, 0.717) is 15.7 Å². The summed E-state index contributed by atoms with van der Waals surface area (Å²) < 4.78 is 1.83. The van der Waals surface area contributed by atoms with E-state index in [1.807, 2.05) is 22.8 Å². The second-order valence-electron chi connectivity index (χ2n) is 6.71. The van der Waals surface area contributed by atoms with Crippen molar-refractivity contribution >= 4 is 46.4 Å². The van der Waals surface area contributed by atoms with Gasteiger partial charge in [0, 0.05) is 23.5 Å². The number of hydrogen-bond donors (Lipinski definition) is 1. The lowest BCUT2D eigenvalue weighted by Gasteiger charge is -2.37. The number of nitrogens with two attached hydrogens (primary N) is 1. The second-order valence-corrected chi connectivity index (χ2v) is 8.53. The molecule has 9 heteroatoms. The molecule has 2 N–H and O–H groups in total. The van der Waals surface area contributed by atoms with Gasteiger partial charge in [-0.2, -0.15) is 9.61 Å². The van der Waals surface area contributed by atoms with E-state index in [-0.39, 0.29) is 5.54 Å². The molecule has 0 aliphatic carbocycles. The lowest BCUT2D eigenvalue weighted by atomic mass is 9.91. The predicted octanol–water partition coefficient (Wildman–Crippen LogP) is 3.90. The summed E-state index contributed by atoms with van der Waals surface area (Å²) in [5.74, 6) is 0.926. The van der Waals surface area contributed by atoms with Gasteiger partial charge in [0.05, 0.1) is 16.2 Å². The summed E-state index contributed by atoms with van der Waals surface area (Å²) in [6, 6.07) is 5.54. The molecule has 1 aliphatic heterocycles. The maximum absolute atomic E-state index is 6.30. The maximum Gasteiger partial charge on any atom is 0.190 e. The van der Waals surface area contributed by atoms with Crippen LogP contribution in [0.4, 0.5) is 5.82 Å². The molecule has 0 atom stereocenters. The third-order valence-corrected chi connectivity index (χ3v) is 6.58. The quantitative estimate of drug-likeness (QED) is 0.708. The maximum atomic E-state index is 6.30. The summed E-state index contributed by atoms with van der Waals surface area (Å²) >= 11 is 13.8. The van der Waals surface area contributed by atoms with Crippen molar-refractivity contribution in [2.45, 2.75) is 35.2 Å². The Bertz CT molecular complexity index is 948. The minimum absolute atomic E-state index is 0.107. The van der Waals surface area contributed by atoms with Gasteiger partial charge in [0.1, 0.15) is 11.4 Å². The lowest BCUT2D eigenvalue weighted by molar-refractivity contribution is 0.362. The van der Waals surface area contributed by atoms with Crippen molar-refractivity contribution in [1.29, 1.82) is 0 Å². The SMILES string of the molecule is CC1(N)CCN(c2cnc(Sc3cccc(Cl)c3Cl)c3ncnn23)CC1. The first-order valence-electron chi connectivity index (χ1n) is 8.29. The summed E-state index contributed by atoms with van der Waals surface area (Å²) in [4.78, 5) is 12.1. The molecule has 26 heavy (non-hydrogen) atoms. The first-order valence-corrected chi connectivity index (χ1v) is 9.86. The second kappa shape index (κ2) is 6.88. The number of fused-ring (bicyclic) bond motifs is 1. The van der Waals surface area contributed by atoms with Crippen molar-refractivity contribution in [2.24, 2.45) is 5.73 Å². The van der Waals surface area contributed by atoms with E-state index in [4.69, 9.17) is 28.9 Å². The third kappa shape index (κ3) is 3.36. The van der Waals surface area contributed by atoms with Gasteiger partial charge in [0.25, 0.3) is 0 Å². The van der Waals surface area contributed by atoms with E-state index >= 15 is 0 Å². The molecule has 3 heterocycles. The molecule has 4 rings (SSSR count). The first-order chi connectivity index (χ1) is 12.4. The van der Waals surface area contributed by atoms with Crippen LogP contribution >= 0.6 is 35.0 Å². The summed E-state index contributed by atoms with van der Waals surface area (Å²) in [5.41, 5.74) is 6.84. The highest BCUT2D eigenvalue weighted by Crippen LogP contribution is 2.38. The molecular formula is C17H18Cl2N6S. The molecule has 2 aromatic heterocycles. The minimum Gasteiger partial charge on any atom is -0.355 e. The highest BCUT2D eigenvalue weighted by molar-refractivity contribution is 7.99. The summed E-state index contributed by atoms with van der Waals surface area (Å²) in [5, 5.41) is 6.16. The van der Waals surface area contributed by atoms with Crippen molar-refractivity contribution in [1.82, 2.24) is 19.6 Å². The van der Waals surface area contributed by atoms with Gasteiger partial charge >= 0.3 is 0 Å². The Kier molecular flexibility index (Phi) is 4.73. The Labute approximate surface area is 165 Å². The van der Waals surface area contributed by atoms with Crippen molar-refractivity contribution in [3.8, 4) is 0 Å². The largest absolute Gasteiger partial charge is 0.355 e. The van der Waals surface area contributed by atoms with Crippen molar-refractivity contribution in [2.75, 3.05) is 18.0 Å². The van der Waals surface area contributed by atoms with E-state index in [1.165, 1.54) is 11.8 Å². The molecular weight excluding hydrogens is 391 g/mol. The minimum atomic E-state index is -0.107. The number of piperidine rings is 1. The fourth-order valence-electron chi connectivity index (χ4n) is 2.99. The molecule has 0 bridgehead atoms. The molecule has 1 fully saturated rings. The highest BCUT2D eigenvalue weighted by atomic mass is 35.5. The lowest BCUT2D eigenvalue weighted by Crippen LogP contribution is -2.48. The van der Waals surface area contributed by atoms with Crippen molar-refractivity contribution in [3.63, 3.8) is 0 Å². The van der Waals surface area contributed by atoms with Crippen LogP contribution in [-0.2, 0) is 0 Å². The number of nitrogens with zero attached hydrogens (tertiary/aromatic N) is 5. The summed E-state index contributed by atoms with van der Waals surface area (Å²) in [6.07, 6.45) is 5.23. The van der Waals surface area contributed by atoms with Crippen LogP contribution < -0.4 is 10.6 Å². The molecule has 0 unspecified atom stereocenters. The van der Waals surface area contributed by atoms with Crippen LogP contribution in [0.15, 0.2) is 40.6 Å². The number of anilines is 1. The van der Waals surface area contributed by atoms with Gasteiger partial charge in [-0.15, -0.1) is 0 Å². The van der Waals surface area contributed by atoms with Crippen LogP contribution in [0.3, 0.4) is 0 Å². The van der Waals surface area contributed by atoms with Gasteiger partial charge in [-0.3, -0.25) is 0 Å². The molecule has 0 saturated carbocycles. The van der Waals surface area contributed by atoms with Crippen molar-refractivity contribution in [3.05, 3.63) is 40.8 Å². The summed E-state index contributed by atoms with van der Waals surface area (Å²) in [7, 11) is 0. The zero-order valence-electron chi connectivity index (χ0n) is 14.2. The van der Waals surface area contributed by atoms with Crippen LogP contribution in [0.1, 0.15) is 19.8 Å². The topological polar surface area (TPSA) is 72.3 Å². The zero-order chi connectivity index (χ0) is 18.3. The molecule has 1 aromatic carbocycles. The molecule has 0 spiro atoms. The Morgan fingerprint density at radius 1 is 1.19 bits per heavy atom. The average molecular weight is 409 g/mol. The van der Waals surface area contributed by atoms with Crippen LogP contribution in [0.2, 0.25) is 10.0 Å². The molecule has 6 nitrogen and oxygen atoms in total. The molecule has 136 valence electrons. The van der Waals surface area contributed by atoms with Crippen LogP contribution in [0, 0.1) is 0 Å². The molecule has 1 saturated heterocycles. The van der Waals surface area contributed by atoms with E-state index in [2.05, 4.69) is 26.9 Å². The number of rotatable bonds is 3. The van der Waals surface area contributed by atoms with Crippen LogP contribution in [0.5, 0.6) is 0 Å². The Balaban J connectivity index is 1.67. The van der Waals surface area contributed by atoms with E-state index in [1.54, 1.807) is 12.4 Å². The van der Waals surface area contributed by atoms with E-state index in [9.17, 15) is 0 Å². The van der Waals surface area contributed by atoms with E-state index in [0.717, 1.165) is 41.7 Å². The molecule has 0 amide bonds. The van der Waals surface area contributed by atoms with Crippen molar-refractivity contribution < 1.29 is 0 Å². The monoisotopic (exact) mass is 408 g/mol. The predicted molar refractivity (Wildman–Crippen MR) is 105 cm³/mol. The van der Waals surface area contributed by atoms with Crippen LogP contribution in [0.25, 0.3) is 5.65 Å². The van der Waals surface area contributed by atoms with Gasteiger partial charge in [-0.1, -0.05) is 41.0 Å². The van der Waals surface area contributed by atoms with Crippen LogP contribution in [-0.4, -0.2) is 38.2 Å². The van der Waals surface area contributed by atoms with Gasteiger partial charge < -0.3 is 10.6 Å². The zero-order valence-corrected chi connectivity index (χ0v) is 16.5. The first kappa shape index (κ1) is 17.9. The molecule has 3 aromatic rings. The molecule has 1 aliphatic rings. The standard InChI is InChI=1S/C17H18Cl2N6S/c1-17(20)5-7-24(8-6-17)13-9-21-16(15-22-10-23-25(13)15)26-12-4-2-3-11(18)14(12)19/h2-4,9-10H,5-8,20H2,1H3. The normalized spacial score (nSPS) is 17.0. The van der Waals surface area contributed by atoms with Gasteiger partial charge in [0.2, 0.25) is 0 Å². The highest BCUT2D eigenvalue weighted by Gasteiger charge is 2.27. The van der Waals surface area contributed by atoms with Gasteiger partial charge in [-0.05, 0) is 31.9 Å². The van der Waals surface area contributed by atoms with Gasteiger partial charge in [0.15, 0.2) is 11.5 Å². The van der Waals surface area contributed by atoms with Gasteiger partial charge in [-0.25, -0.2) is 9.97 Å². The smallest absolute Gasteiger partial charge is 0.190 e. The third-order valence-electron chi connectivity index (χ3n) is 4.61. The molecule has 0 radical (unpaired) electrons. The number of hydrogen-bond acceptors (Lipinski definition) is 6. The summed E-state index contributed by atoms with van der Waals surface area (Å²) in [6.45, 7) is 3.84. The Morgan fingerprint density at radius 3 is 2.73 bits per heavy atom. The number of halogens is 2. The average Bonchev–Trinajstić information content (AvgIpc) is 3.10.